The highest BCUT2D eigenvalue weighted by atomic mass is 16.5. The molecule has 1 heterocycles. The van der Waals surface area contributed by atoms with Gasteiger partial charge in [-0.1, -0.05) is 30.3 Å². The van der Waals surface area contributed by atoms with Gasteiger partial charge in [-0.25, -0.2) is 0 Å². The third-order valence-corrected chi connectivity index (χ3v) is 5.73. The van der Waals surface area contributed by atoms with E-state index in [1.807, 2.05) is 0 Å². The predicted molar refractivity (Wildman–Crippen MR) is 133 cm³/mol. The Morgan fingerprint density at radius 3 is 2.59 bits per heavy atom. The Hall–Kier alpha value is -1.67. The molecule has 1 aromatic rings. The minimum Gasteiger partial charge on any atom is -0.385 e. The molecule has 2 N–H and O–H groups in total. The van der Waals surface area contributed by atoms with Crippen molar-refractivity contribution in [1.29, 1.82) is 0 Å². The zero-order chi connectivity index (χ0) is 22.9. The smallest absolute Gasteiger partial charge is 0.191 e. The maximum absolute atomic E-state index is 6.13. The minimum atomic E-state index is 0.394. The zero-order valence-corrected chi connectivity index (χ0v) is 20.5. The fourth-order valence-corrected chi connectivity index (χ4v) is 3.88. The first-order chi connectivity index (χ1) is 15.7. The van der Waals surface area contributed by atoms with Crippen LogP contribution in [0, 0.1) is 0 Å². The molecule has 2 rings (SSSR count). The summed E-state index contributed by atoms with van der Waals surface area (Å²) in [5.74, 6) is 0.895. The summed E-state index contributed by atoms with van der Waals surface area (Å²) in [4.78, 5) is 9.54. The summed E-state index contributed by atoms with van der Waals surface area (Å²) in [6, 6.07) is 10.7. The first-order valence-corrected chi connectivity index (χ1v) is 12.3. The lowest BCUT2D eigenvalue weighted by atomic mass is 10.1. The van der Waals surface area contributed by atoms with Gasteiger partial charge in [0.2, 0.25) is 0 Å². The number of nitrogens with one attached hydrogen (secondary N) is 2. The summed E-state index contributed by atoms with van der Waals surface area (Å²) in [5.41, 5.74) is 1.40. The number of hydrogen-bond acceptors (Lipinski definition) is 5. The summed E-state index contributed by atoms with van der Waals surface area (Å²) in [5, 5.41) is 6.75. The van der Waals surface area contributed by atoms with Gasteiger partial charge >= 0.3 is 0 Å². The van der Waals surface area contributed by atoms with Crippen molar-refractivity contribution in [2.24, 2.45) is 4.99 Å². The third kappa shape index (κ3) is 11.8. The van der Waals surface area contributed by atoms with Gasteiger partial charge in [-0.05, 0) is 45.2 Å². The van der Waals surface area contributed by atoms with Gasteiger partial charge in [0.05, 0.1) is 6.10 Å². The molecule has 1 aliphatic heterocycles. The highest BCUT2D eigenvalue weighted by molar-refractivity contribution is 5.79. The number of aliphatic imine (C=N–C) groups is 1. The summed E-state index contributed by atoms with van der Waals surface area (Å²) in [6.45, 7) is 11.6. The van der Waals surface area contributed by atoms with Gasteiger partial charge in [-0.15, -0.1) is 0 Å². The number of likely N-dealkylation sites (tertiary alicyclic amines) is 1. The second-order valence-electron chi connectivity index (χ2n) is 8.52. The average Bonchev–Trinajstić information content (AvgIpc) is 2.81. The van der Waals surface area contributed by atoms with E-state index in [0.29, 0.717) is 6.10 Å². The van der Waals surface area contributed by atoms with Gasteiger partial charge in [-0.3, -0.25) is 9.89 Å². The number of benzene rings is 1. The fraction of sp³-hybridized carbons (Fsp3) is 0.720. The van der Waals surface area contributed by atoms with E-state index >= 15 is 0 Å². The van der Waals surface area contributed by atoms with Crippen molar-refractivity contribution >= 4 is 5.96 Å². The maximum atomic E-state index is 6.13. The van der Waals surface area contributed by atoms with Crippen molar-refractivity contribution in [1.82, 2.24) is 20.4 Å². The molecule has 0 atom stereocenters. The number of hydrogen-bond donors (Lipinski definition) is 2. The maximum Gasteiger partial charge on any atom is 0.191 e. The van der Waals surface area contributed by atoms with E-state index in [4.69, 9.17) is 14.5 Å². The van der Waals surface area contributed by atoms with Gasteiger partial charge in [-0.2, -0.15) is 0 Å². The van der Waals surface area contributed by atoms with Crippen LogP contribution in [0.5, 0.6) is 0 Å². The highest BCUT2D eigenvalue weighted by Crippen LogP contribution is 2.16. The van der Waals surface area contributed by atoms with E-state index < -0.39 is 0 Å². The number of likely N-dealkylation sites (N-methyl/N-ethyl adjacent to an activating group) is 1. The number of rotatable bonds is 15. The molecule has 0 spiro atoms. The molecule has 0 amide bonds. The Morgan fingerprint density at radius 1 is 1.09 bits per heavy atom. The van der Waals surface area contributed by atoms with E-state index in [1.54, 1.807) is 7.11 Å². The summed E-state index contributed by atoms with van der Waals surface area (Å²) < 4.78 is 11.2. The first kappa shape index (κ1) is 26.6. The zero-order valence-electron chi connectivity index (χ0n) is 20.5. The molecule has 0 bridgehead atoms. The molecular formula is C25H45N5O2. The molecule has 1 aromatic carbocycles. The number of guanidine groups is 1. The van der Waals surface area contributed by atoms with Crippen LogP contribution in [0.2, 0.25) is 0 Å². The minimum absolute atomic E-state index is 0.394. The summed E-state index contributed by atoms with van der Waals surface area (Å²) in [7, 11) is 3.90. The number of nitrogens with zero attached hydrogens (tertiary/aromatic N) is 3. The Bertz CT molecular complexity index is 606. The lowest BCUT2D eigenvalue weighted by molar-refractivity contribution is 0.00566. The number of piperidine rings is 1. The lowest BCUT2D eigenvalue weighted by Gasteiger charge is -2.31. The average molecular weight is 448 g/mol. The predicted octanol–water partition coefficient (Wildman–Crippen LogP) is 2.58. The van der Waals surface area contributed by atoms with Crippen LogP contribution in [0.25, 0.3) is 0 Å². The second kappa shape index (κ2) is 16.9. The third-order valence-electron chi connectivity index (χ3n) is 5.73. The lowest BCUT2D eigenvalue weighted by Crippen LogP contribution is -2.41. The number of ether oxygens (including phenoxy) is 2. The molecule has 7 nitrogen and oxygen atoms in total. The van der Waals surface area contributed by atoms with E-state index in [9.17, 15) is 0 Å². The molecule has 1 saturated heterocycles. The fourth-order valence-electron chi connectivity index (χ4n) is 3.88. The van der Waals surface area contributed by atoms with Crippen molar-refractivity contribution in [3.8, 4) is 0 Å². The van der Waals surface area contributed by atoms with E-state index in [0.717, 1.165) is 97.2 Å². The van der Waals surface area contributed by atoms with Gasteiger partial charge in [0.25, 0.3) is 0 Å². The molecule has 32 heavy (non-hydrogen) atoms. The van der Waals surface area contributed by atoms with Crippen molar-refractivity contribution in [3.05, 3.63) is 35.9 Å². The molecule has 0 unspecified atom stereocenters. The van der Waals surface area contributed by atoms with Crippen molar-refractivity contribution in [2.75, 3.05) is 73.2 Å². The van der Waals surface area contributed by atoms with E-state index in [1.165, 1.54) is 5.56 Å². The van der Waals surface area contributed by atoms with Crippen molar-refractivity contribution in [2.45, 2.75) is 45.3 Å². The largest absolute Gasteiger partial charge is 0.385 e. The van der Waals surface area contributed by atoms with Gasteiger partial charge in [0.1, 0.15) is 0 Å². The Kier molecular flexibility index (Phi) is 14.0. The molecular weight excluding hydrogens is 402 g/mol. The quantitative estimate of drug-likeness (QED) is 0.245. The molecule has 7 heteroatoms. The van der Waals surface area contributed by atoms with Crippen LogP contribution in [-0.4, -0.2) is 95.0 Å². The Balaban J connectivity index is 1.54. The van der Waals surface area contributed by atoms with Gasteiger partial charge in [0, 0.05) is 72.7 Å². The SMILES string of the molecule is CCNC(=NCCCOC1CCN(Cc2ccccc2)CC1)NCCN(C)CCCOC. The molecule has 0 aromatic heterocycles. The van der Waals surface area contributed by atoms with Crippen LogP contribution < -0.4 is 10.6 Å². The number of methoxy groups -OCH3 is 1. The van der Waals surface area contributed by atoms with Crippen LogP contribution in [0.15, 0.2) is 35.3 Å². The van der Waals surface area contributed by atoms with Crippen LogP contribution in [0.3, 0.4) is 0 Å². The Morgan fingerprint density at radius 2 is 1.88 bits per heavy atom. The monoisotopic (exact) mass is 447 g/mol. The summed E-state index contributed by atoms with van der Waals surface area (Å²) in [6.07, 6.45) is 4.66. The van der Waals surface area contributed by atoms with Crippen LogP contribution in [-0.2, 0) is 16.0 Å². The van der Waals surface area contributed by atoms with Crippen LogP contribution in [0.1, 0.15) is 38.2 Å². The normalized spacial score (nSPS) is 15.9. The molecule has 0 radical (unpaired) electrons. The topological polar surface area (TPSA) is 61.4 Å². The van der Waals surface area contributed by atoms with Crippen molar-refractivity contribution in [3.63, 3.8) is 0 Å². The molecule has 0 saturated carbocycles. The molecule has 1 aliphatic rings. The second-order valence-corrected chi connectivity index (χ2v) is 8.52. The summed E-state index contributed by atoms with van der Waals surface area (Å²) >= 11 is 0. The van der Waals surface area contributed by atoms with Crippen molar-refractivity contribution < 1.29 is 9.47 Å². The van der Waals surface area contributed by atoms with E-state index in [2.05, 4.69) is 64.7 Å². The highest BCUT2D eigenvalue weighted by Gasteiger charge is 2.19. The Labute approximate surface area is 195 Å². The molecule has 0 aliphatic carbocycles. The van der Waals surface area contributed by atoms with Gasteiger partial charge < -0.3 is 25.0 Å². The van der Waals surface area contributed by atoms with Gasteiger partial charge in [0.15, 0.2) is 5.96 Å². The van der Waals surface area contributed by atoms with Crippen LogP contribution >= 0.6 is 0 Å². The molecule has 1 fully saturated rings. The van der Waals surface area contributed by atoms with Crippen LogP contribution in [0.4, 0.5) is 0 Å². The first-order valence-electron chi connectivity index (χ1n) is 12.3. The molecule has 182 valence electrons. The van der Waals surface area contributed by atoms with E-state index in [-0.39, 0.29) is 0 Å². The standard InChI is InChI=1S/C25H45N5O2/c1-4-26-25(28-15-19-29(2)16-9-20-31-3)27-14-8-21-32-24-12-17-30(18-13-24)22-23-10-6-5-7-11-23/h5-7,10-11,24H,4,8-9,12-22H2,1-3H3,(H2,26,27,28).